The molecule has 0 amide bonds. The molecule has 1 saturated heterocycles. The molecule has 4 fully saturated rings. The van der Waals surface area contributed by atoms with E-state index >= 15 is 0 Å². The predicted molar refractivity (Wildman–Crippen MR) is 226 cm³/mol. The summed E-state index contributed by atoms with van der Waals surface area (Å²) in [4.78, 5) is 10.9. The molecule has 0 spiro atoms. The van der Waals surface area contributed by atoms with Crippen LogP contribution in [0, 0.1) is 46.9 Å². The quantitative estimate of drug-likeness (QED) is 0.148. The Morgan fingerprint density at radius 3 is 1.30 bits per heavy atom. The molecule has 8 heteroatoms. The Kier molecular flexibility index (Phi) is 17.7. The summed E-state index contributed by atoms with van der Waals surface area (Å²) < 4.78 is 58.5. The number of carbonyl (C=O) groups is 1. The second-order valence-electron chi connectivity index (χ2n) is 15.7. The van der Waals surface area contributed by atoms with E-state index in [0.29, 0.717) is 16.9 Å². The number of allylic oxidation sites excluding steroid dienone is 2. The van der Waals surface area contributed by atoms with E-state index in [1.54, 1.807) is 12.1 Å². The molecule has 3 saturated carbocycles. The van der Waals surface area contributed by atoms with Gasteiger partial charge >= 0.3 is 23.1 Å². The SMILES string of the molecule is C1CCOC1.Fc1cc(F)cc(-c2ccc(Br)cc2)c1.Fc1cc(F)cc(-c2ccc(C3=CCC(C4CCC4)CC3)cc2)c1.O=C1CCC(C2CCC2)CC1.[H-].[H-].[Mg+2]. The van der Waals surface area contributed by atoms with Crippen LogP contribution in [0.25, 0.3) is 27.8 Å². The number of halogens is 5. The van der Waals surface area contributed by atoms with Crippen LogP contribution in [-0.4, -0.2) is 42.0 Å². The fourth-order valence-electron chi connectivity index (χ4n) is 8.27. The minimum Gasteiger partial charge on any atom is -1.00 e. The zero-order valence-electron chi connectivity index (χ0n) is 34.4. The van der Waals surface area contributed by atoms with Crippen LogP contribution in [-0.2, 0) is 9.53 Å². The first-order chi connectivity index (χ1) is 26.7. The Morgan fingerprint density at radius 2 is 0.911 bits per heavy atom. The van der Waals surface area contributed by atoms with Crippen LogP contribution in [0.3, 0.4) is 0 Å². The first-order valence-corrected chi connectivity index (χ1v) is 21.1. The molecule has 4 aliphatic carbocycles. The zero-order chi connectivity index (χ0) is 38.6. The molecule has 2 nitrogen and oxygen atoms in total. The van der Waals surface area contributed by atoms with Crippen LogP contribution >= 0.6 is 15.9 Å². The van der Waals surface area contributed by atoms with Crippen molar-refractivity contribution in [2.75, 3.05) is 13.2 Å². The monoisotopic (exact) mass is 842 g/mol. The average Bonchev–Trinajstić information content (AvgIpc) is 3.73. The van der Waals surface area contributed by atoms with E-state index in [9.17, 15) is 22.4 Å². The number of hydrogen-bond acceptors (Lipinski definition) is 2. The maximum absolute atomic E-state index is 13.4. The molecule has 1 aliphatic heterocycles. The summed E-state index contributed by atoms with van der Waals surface area (Å²) in [6.45, 7) is 2.00. The van der Waals surface area contributed by atoms with Crippen molar-refractivity contribution < 1.29 is 29.9 Å². The molecular weight excluding hydrogens is 789 g/mol. The molecule has 0 radical (unpaired) electrons. The smallest absolute Gasteiger partial charge is 1.00 e. The molecule has 1 unspecified atom stereocenters. The van der Waals surface area contributed by atoms with E-state index < -0.39 is 23.3 Å². The van der Waals surface area contributed by atoms with Gasteiger partial charge in [0.05, 0.1) is 0 Å². The minimum atomic E-state index is -0.562. The summed E-state index contributed by atoms with van der Waals surface area (Å²) in [5.41, 5.74) is 5.42. The normalized spacial score (nSPS) is 19.6. The van der Waals surface area contributed by atoms with Crippen molar-refractivity contribution in [2.24, 2.45) is 23.7 Å². The molecular formula is C48H55BrF4MgO2. The van der Waals surface area contributed by atoms with Gasteiger partial charge in [0.1, 0.15) is 29.1 Å². The minimum absolute atomic E-state index is 0. The van der Waals surface area contributed by atoms with Gasteiger partial charge in [0.2, 0.25) is 0 Å². The third-order valence-corrected chi connectivity index (χ3v) is 12.5. The molecule has 9 rings (SSSR count). The Balaban J connectivity index is 0.000000227. The number of carbonyl (C=O) groups excluding carboxylic acids is 1. The maximum Gasteiger partial charge on any atom is 2.00 e. The van der Waals surface area contributed by atoms with Gasteiger partial charge in [0.15, 0.2) is 0 Å². The summed E-state index contributed by atoms with van der Waals surface area (Å²) >= 11 is 3.30. The third kappa shape index (κ3) is 13.4. The van der Waals surface area contributed by atoms with Gasteiger partial charge in [-0.2, -0.15) is 0 Å². The Labute approximate surface area is 358 Å². The van der Waals surface area contributed by atoms with E-state index in [1.807, 2.05) is 24.3 Å². The van der Waals surface area contributed by atoms with Crippen LogP contribution in [0.15, 0.2) is 95.5 Å². The van der Waals surface area contributed by atoms with Crippen LogP contribution in [0.1, 0.15) is 105 Å². The van der Waals surface area contributed by atoms with Crippen LogP contribution < -0.4 is 0 Å². The first-order valence-electron chi connectivity index (χ1n) is 20.3. The van der Waals surface area contributed by atoms with E-state index in [0.717, 1.165) is 83.9 Å². The molecule has 0 bridgehead atoms. The maximum atomic E-state index is 13.4. The number of benzene rings is 4. The number of ether oxygens (including phenoxy) is 1. The van der Waals surface area contributed by atoms with Crippen molar-refractivity contribution in [1.29, 1.82) is 0 Å². The summed E-state index contributed by atoms with van der Waals surface area (Å²) in [6.07, 6.45) is 21.4. The van der Waals surface area contributed by atoms with Gasteiger partial charge in [0.25, 0.3) is 0 Å². The molecule has 4 aromatic rings. The van der Waals surface area contributed by atoms with Gasteiger partial charge < -0.3 is 7.59 Å². The second kappa shape index (κ2) is 22.4. The summed E-state index contributed by atoms with van der Waals surface area (Å²) in [5.74, 6) is 2.08. The third-order valence-electron chi connectivity index (χ3n) is 12.0. The molecule has 1 heterocycles. The fourth-order valence-corrected chi connectivity index (χ4v) is 8.54. The van der Waals surface area contributed by atoms with Crippen molar-refractivity contribution in [3.8, 4) is 22.3 Å². The van der Waals surface area contributed by atoms with Crippen LogP contribution in [0.2, 0.25) is 0 Å². The van der Waals surface area contributed by atoms with E-state index in [1.165, 1.54) is 112 Å². The Hall–Kier alpha value is -2.78. The van der Waals surface area contributed by atoms with Gasteiger partial charge in [-0.3, -0.25) is 4.79 Å². The van der Waals surface area contributed by atoms with Crippen molar-refractivity contribution in [2.45, 2.75) is 96.3 Å². The molecule has 4 aromatic carbocycles. The molecule has 0 N–H and O–H groups in total. The van der Waals surface area contributed by atoms with Gasteiger partial charge in [-0.15, -0.1) is 0 Å². The summed E-state index contributed by atoms with van der Waals surface area (Å²) in [5, 5.41) is 0. The fraction of sp³-hybridized carbons (Fsp3) is 0.438. The van der Waals surface area contributed by atoms with Crippen molar-refractivity contribution in [1.82, 2.24) is 0 Å². The van der Waals surface area contributed by atoms with Gasteiger partial charge in [-0.1, -0.05) is 96.9 Å². The second-order valence-corrected chi connectivity index (χ2v) is 16.7. The van der Waals surface area contributed by atoms with Crippen molar-refractivity contribution >= 4 is 50.3 Å². The molecule has 296 valence electrons. The predicted octanol–water partition coefficient (Wildman–Crippen LogP) is 14.2. The zero-order valence-corrected chi connectivity index (χ0v) is 35.4. The molecule has 56 heavy (non-hydrogen) atoms. The van der Waals surface area contributed by atoms with Crippen LogP contribution in [0.5, 0.6) is 0 Å². The molecule has 5 aliphatic rings. The van der Waals surface area contributed by atoms with E-state index in [4.69, 9.17) is 4.74 Å². The number of hydrogen-bond donors (Lipinski definition) is 0. The van der Waals surface area contributed by atoms with Gasteiger partial charge in [0, 0.05) is 42.7 Å². The van der Waals surface area contributed by atoms with Crippen molar-refractivity contribution in [3.05, 3.63) is 124 Å². The van der Waals surface area contributed by atoms with E-state index in [2.05, 4.69) is 34.1 Å². The first kappa shape index (κ1) is 44.3. The largest absolute Gasteiger partial charge is 2.00 e. The van der Waals surface area contributed by atoms with Crippen LogP contribution in [0.4, 0.5) is 17.6 Å². The molecule has 0 aromatic heterocycles. The number of rotatable bonds is 5. The summed E-state index contributed by atoms with van der Waals surface area (Å²) in [6, 6.07) is 22.5. The number of ketones is 1. The number of Topliss-reactive ketones (excluding diaryl/α,β-unsaturated/α-hetero) is 1. The average molecular weight is 844 g/mol. The van der Waals surface area contributed by atoms with Gasteiger partial charge in [-0.05, 0) is 138 Å². The topological polar surface area (TPSA) is 26.3 Å². The van der Waals surface area contributed by atoms with E-state index in [-0.39, 0.29) is 25.9 Å². The Morgan fingerprint density at radius 1 is 0.500 bits per heavy atom. The van der Waals surface area contributed by atoms with Gasteiger partial charge in [-0.25, -0.2) is 17.6 Å². The molecule has 1 atom stereocenters. The van der Waals surface area contributed by atoms with Crippen molar-refractivity contribution in [3.63, 3.8) is 0 Å². The standard InChI is InChI=1S/C22H22F2.C12H7BrF2.C10H16O.C4H8O.Mg.2H/c23-21-12-20(13-22(24)14-21)19-10-8-18(9-11-19)17-6-4-16(5-7-17)15-2-1-3-15;13-10-3-1-8(2-4-10)9-5-11(14)7-12(15)6-9;11-10-6-4-9(5-7-10)8-2-1-3-8;1-2-4-5-3-1;;;/h6,8-16H,1-5,7H2;1-7H;8-9H,1-7H2;1-4H2;;;/q;;;;+2;2*-1. The summed E-state index contributed by atoms with van der Waals surface area (Å²) in [7, 11) is 0. The Bertz CT molecular complexity index is 1820.